The molecule has 0 amide bonds. The summed E-state index contributed by atoms with van der Waals surface area (Å²) in [7, 11) is -6.81. The van der Waals surface area contributed by atoms with E-state index in [1.54, 1.807) is 4.13 Å². The maximum absolute atomic E-state index is 12.4. The van der Waals surface area contributed by atoms with Crippen molar-refractivity contribution in [3.63, 3.8) is 0 Å². The van der Waals surface area contributed by atoms with Crippen molar-refractivity contribution in [2.75, 3.05) is 14.2 Å². The quantitative estimate of drug-likeness (QED) is 0.513. The molecular weight excluding hydrogens is 421 g/mol. The zero-order valence-electron chi connectivity index (χ0n) is 15.2. The molecule has 0 aliphatic heterocycles. The zero-order chi connectivity index (χ0) is 20.2. The molecule has 0 atom stereocenters. The molecule has 0 saturated heterocycles. The molecule has 0 aromatic heterocycles. The molecule has 0 aliphatic rings. The van der Waals surface area contributed by atoms with Gasteiger partial charge >= 0.3 is 11.9 Å². The van der Waals surface area contributed by atoms with E-state index in [9.17, 15) is 26.4 Å². The fourth-order valence-corrected chi connectivity index (χ4v) is 5.06. The fourth-order valence-electron chi connectivity index (χ4n) is 2.06. The number of methoxy groups -OCH3 is 2. The molecule has 9 nitrogen and oxygen atoms in total. The average molecular weight is 436 g/mol. The van der Waals surface area contributed by atoms with Crippen LogP contribution in [0.15, 0.2) is 58.3 Å². The summed E-state index contributed by atoms with van der Waals surface area (Å²) in [4.78, 5) is 22.2. The SMILES string of the molecule is COC(=O)c1cccc(S(=O)(=O)NS(=O)(=O)c2cccc(C(=O)OC)c2)c1.[Na]. The molecule has 1 N–H and O–H groups in total. The summed E-state index contributed by atoms with van der Waals surface area (Å²) in [6.07, 6.45) is 0. The predicted molar refractivity (Wildman–Crippen MR) is 98.8 cm³/mol. The molecule has 0 spiro atoms. The van der Waals surface area contributed by atoms with E-state index in [2.05, 4.69) is 9.47 Å². The van der Waals surface area contributed by atoms with Crippen molar-refractivity contribution in [1.82, 2.24) is 4.13 Å². The molecule has 2 rings (SSSR count). The Kier molecular flexibility index (Phi) is 8.35. The van der Waals surface area contributed by atoms with Gasteiger partial charge in [0.05, 0.1) is 35.1 Å². The summed E-state index contributed by atoms with van der Waals surface area (Å²) in [6, 6.07) is 9.38. The number of hydrogen-bond acceptors (Lipinski definition) is 8. The number of nitrogens with one attached hydrogen (secondary N) is 1. The topological polar surface area (TPSA) is 133 Å². The molecule has 0 bridgehead atoms. The third-order valence-corrected chi connectivity index (χ3v) is 6.85. The Bertz CT molecular complexity index is 1010. The van der Waals surface area contributed by atoms with E-state index in [0.29, 0.717) is 0 Å². The first kappa shape index (κ1) is 24.3. The second kappa shape index (κ2) is 9.63. The Morgan fingerprint density at radius 3 is 1.43 bits per heavy atom. The Hall–Kier alpha value is -1.76. The van der Waals surface area contributed by atoms with Crippen LogP contribution in [0.25, 0.3) is 0 Å². The van der Waals surface area contributed by atoms with Gasteiger partial charge < -0.3 is 9.47 Å². The van der Waals surface area contributed by atoms with Crippen LogP contribution < -0.4 is 4.13 Å². The van der Waals surface area contributed by atoms with Gasteiger partial charge in [0.2, 0.25) is 0 Å². The van der Waals surface area contributed by atoms with Crippen molar-refractivity contribution in [2.24, 2.45) is 0 Å². The second-order valence-corrected chi connectivity index (χ2v) is 8.75. The summed E-state index contributed by atoms with van der Waals surface area (Å²) >= 11 is 0. The molecule has 0 fully saturated rings. The average Bonchev–Trinajstić information content (AvgIpc) is 2.66. The Labute approximate surface area is 184 Å². The van der Waals surface area contributed by atoms with Crippen LogP contribution in [0.1, 0.15) is 20.7 Å². The number of sulfonamides is 2. The molecule has 0 aliphatic carbocycles. The molecule has 0 saturated carbocycles. The van der Waals surface area contributed by atoms with Crippen LogP contribution in [0, 0.1) is 0 Å². The maximum Gasteiger partial charge on any atom is 0.337 e. The molecule has 0 unspecified atom stereocenters. The number of carbonyl (C=O) groups is 2. The van der Waals surface area contributed by atoms with Crippen molar-refractivity contribution in [1.29, 1.82) is 0 Å². The van der Waals surface area contributed by atoms with Crippen LogP contribution in [0.5, 0.6) is 0 Å². The van der Waals surface area contributed by atoms with Crippen LogP contribution in [0.3, 0.4) is 0 Å². The van der Waals surface area contributed by atoms with Gasteiger partial charge in [0, 0.05) is 29.6 Å². The number of hydrogen-bond donors (Lipinski definition) is 1. The summed E-state index contributed by atoms with van der Waals surface area (Å²) in [5.74, 6) is -1.55. The first-order chi connectivity index (χ1) is 12.6. The minimum atomic E-state index is -4.53. The van der Waals surface area contributed by atoms with Gasteiger partial charge in [-0.25, -0.2) is 26.4 Å². The maximum atomic E-state index is 12.4. The Morgan fingerprint density at radius 1 is 0.750 bits per heavy atom. The molecule has 145 valence electrons. The van der Waals surface area contributed by atoms with Crippen LogP contribution in [-0.2, 0) is 29.5 Å². The summed E-state index contributed by atoms with van der Waals surface area (Å²) in [5, 5.41) is 0. The molecule has 0 heterocycles. The molecule has 2 aromatic rings. The first-order valence-corrected chi connectivity index (χ1v) is 10.2. The number of rotatable bonds is 6. The molecule has 28 heavy (non-hydrogen) atoms. The van der Waals surface area contributed by atoms with Gasteiger partial charge in [-0.2, -0.15) is 0 Å². The van der Waals surface area contributed by atoms with Gasteiger partial charge in [0.1, 0.15) is 0 Å². The third kappa shape index (κ3) is 5.63. The zero-order valence-corrected chi connectivity index (χ0v) is 18.8. The van der Waals surface area contributed by atoms with E-state index < -0.39 is 41.8 Å². The van der Waals surface area contributed by atoms with E-state index in [1.807, 2.05) is 0 Å². The number of benzene rings is 2. The second-order valence-electron chi connectivity index (χ2n) is 5.13. The third-order valence-electron chi connectivity index (χ3n) is 3.35. The van der Waals surface area contributed by atoms with E-state index in [1.165, 1.54) is 24.3 Å². The van der Waals surface area contributed by atoms with Gasteiger partial charge in [0.15, 0.2) is 0 Å². The molecule has 2 aromatic carbocycles. The minimum absolute atomic E-state index is 0. The molecular formula is C16H15NNaO8S2. The molecule has 1 radical (unpaired) electrons. The van der Waals surface area contributed by atoms with Crippen molar-refractivity contribution in [2.45, 2.75) is 9.79 Å². The van der Waals surface area contributed by atoms with Gasteiger partial charge in [-0.05, 0) is 36.4 Å². The van der Waals surface area contributed by atoms with Crippen molar-refractivity contribution in [3.05, 3.63) is 59.7 Å². The summed E-state index contributed by atoms with van der Waals surface area (Å²) in [5.41, 5.74) is -0.129. The number of ether oxygens (including phenoxy) is 2. The van der Waals surface area contributed by atoms with Crippen LogP contribution >= 0.6 is 0 Å². The monoisotopic (exact) mass is 436 g/mol. The van der Waals surface area contributed by atoms with Crippen LogP contribution in [0.4, 0.5) is 0 Å². The van der Waals surface area contributed by atoms with Crippen LogP contribution in [-0.4, -0.2) is 72.6 Å². The minimum Gasteiger partial charge on any atom is -0.465 e. The summed E-state index contributed by atoms with van der Waals surface area (Å²) in [6.45, 7) is 0. The largest absolute Gasteiger partial charge is 0.465 e. The van der Waals surface area contributed by atoms with E-state index in [4.69, 9.17) is 0 Å². The van der Waals surface area contributed by atoms with Crippen molar-refractivity contribution in [3.8, 4) is 0 Å². The van der Waals surface area contributed by atoms with Gasteiger partial charge in [-0.1, -0.05) is 12.1 Å². The van der Waals surface area contributed by atoms with Gasteiger partial charge in [-0.15, -0.1) is 4.13 Å². The van der Waals surface area contributed by atoms with Crippen molar-refractivity contribution >= 4 is 61.5 Å². The Morgan fingerprint density at radius 2 is 1.11 bits per heavy atom. The first-order valence-electron chi connectivity index (χ1n) is 7.26. The van der Waals surface area contributed by atoms with E-state index >= 15 is 0 Å². The normalized spacial score (nSPS) is 11.2. The van der Waals surface area contributed by atoms with Crippen LogP contribution in [0.2, 0.25) is 0 Å². The van der Waals surface area contributed by atoms with Gasteiger partial charge in [-0.3, -0.25) is 0 Å². The van der Waals surface area contributed by atoms with Gasteiger partial charge in [0.25, 0.3) is 20.0 Å². The van der Waals surface area contributed by atoms with Crippen molar-refractivity contribution < 1.29 is 35.9 Å². The fraction of sp³-hybridized carbons (Fsp3) is 0.125. The Balaban J connectivity index is 0.00000392. The van der Waals surface area contributed by atoms with E-state index in [0.717, 1.165) is 38.5 Å². The smallest absolute Gasteiger partial charge is 0.337 e. The van der Waals surface area contributed by atoms with E-state index in [-0.39, 0.29) is 40.7 Å². The molecule has 12 heteroatoms. The number of esters is 2. The summed E-state index contributed by atoms with van der Waals surface area (Å²) < 4.78 is 60.3. The predicted octanol–water partition coefficient (Wildman–Crippen LogP) is 0.546. The number of carbonyl (C=O) groups excluding carboxylic acids is 2. The standard InChI is InChI=1S/C16H15NO8S2.Na/c1-24-15(18)11-5-3-7-13(9-11)26(20,21)17-27(22,23)14-8-4-6-12(10-14)16(19)25-2;/h3-10,17H,1-2H3;.